The van der Waals surface area contributed by atoms with Crippen LogP contribution in [0.2, 0.25) is 5.02 Å². The standard InChI is InChI=1S/C25H27ClN2O4S/c1-18-9-7-14-24(19(18)2)32-16-15-27-25(29)17-28(23-13-8-12-22(26)20(23)3)33(30,31)21-10-5-4-6-11-21/h4-14H,15-17H2,1-3H3,(H,27,29). The van der Waals surface area contributed by atoms with Crippen LogP contribution in [0.4, 0.5) is 5.69 Å². The fourth-order valence-corrected chi connectivity index (χ4v) is 4.97. The fourth-order valence-electron chi connectivity index (χ4n) is 3.30. The van der Waals surface area contributed by atoms with Crippen LogP contribution in [0.15, 0.2) is 71.6 Å². The summed E-state index contributed by atoms with van der Waals surface area (Å²) in [6.07, 6.45) is 0. The Morgan fingerprint density at radius 1 is 0.939 bits per heavy atom. The summed E-state index contributed by atoms with van der Waals surface area (Å²) in [4.78, 5) is 12.8. The Labute approximate surface area is 200 Å². The van der Waals surface area contributed by atoms with E-state index < -0.39 is 15.9 Å². The van der Waals surface area contributed by atoms with E-state index in [-0.39, 0.29) is 24.6 Å². The third-order valence-corrected chi connectivity index (χ3v) is 7.55. The number of carbonyl (C=O) groups excluding carboxylic acids is 1. The molecule has 0 radical (unpaired) electrons. The SMILES string of the molecule is Cc1cccc(OCCNC(=O)CN(c2cccc(Cl)c2C)S(=O)(=O)c2ccccc2)c1C. The number of sulfonamides is 1. The molecule has 0 saturated carbocycles. The Bertz CT molecular complexity index is 1230. The van der Waals surface area contributed by atoms with Crippen LogP contribution in [-0.4, -0.2) is 34.0 Å². The largest absolute Gasteiger partial charge is 0.491 e. The lowest BCUT2D eigenvalue weighted by molar-refractivity contribution is -0.119. The molecule has 8 heteroatoms. The monoisotopic (exact) mass is 486 g/mol. The highest BCUT2D eigenvalue weighted by Crippen LogP contribution is 2.30. The molecule has 0 bridgehead atoms. The second-order valence-electron chi connectivity index (χ2n) is 7.61. The molecule has 3 rings (SSSR count). The van der Waals surface area contributed by atoms with Crippen molar-refractivity contribution >= 4 is 33.2 Å². The van der Waals surface area contributed by atoms with E-state index in [1.54, 1.807) is 43.3 Å². The van der Waals surface area contributed by atoms with Gasteiger partial charge in [0.1, 0.15) is 18.9 Å². The molecule has 0 spiro atoms. The number of nitrogens with zero attached hydrogens (tertiary/aromatic N) is 1. The van der Waals surface area contributed by atoms with Gasteiger partial charge in [0.25, 0.3) is 10.0 Å². The zero-order valence-electron chi connectivity index (χ0n) is 18.8. The van der Waals surface area contributed by atoms with Crippen molar-refractivity contribution in [2.45, 2.75) is 25.7 Å². The molecule has 3 aromatic carbocycles. The van der Waals surface area contributed by atoms with Crippen molar-refractivity contribution in [1.29, 1.82) is 0 Å². The third-order valence-electron chi connectivity index (χ3n) is 5.36. The van der Waals surface area contributed by atoms with Gasteiger partial charge in [0.2, 0.25) is 5.91 Å². The molecule has 6 nitrogen and oxygen atoms in total. The normalized spacial score (nSPS) is 11.2. The number of anilines is 1. The van der Waals surface area contributed by atoms with Crippen LogP contribution in [0.25, 0.3) is 0 Å². The minimum absolute atomic E-state index is 0.0930. The highest BCUT2D eigenvalue weighted by molar-refractivity contribution is 7.92. The number of nitrogens with one attached hydrogen (secondary N) is 1. The molecule has 0 heterocycles. The first-order valence-corrected chi connectivity index (χ1v) is 12.3. The molecule has 0 saturated heterocycles. The first-order chi connectivity index (χ1) is 15.7. The van der Waals surface area contributed by atoms with Crippen molar-refractivity contribution < 1.29 is 17.9 Å². The highest BCUT2D eigenvalue weighted by atomic mass is 35.5. The molecule has 0 unspecified atom stereocenters. The Morgan fingerprint density at radius 3 is 2.36 bits per heavy atom. The molecule has 0 aromatic heterocycles. The van der Waals surface area contributed by atoms with E-state index in [9.17, 15) is 13.2 Å². The van der Waals surface area contributed by atoms with Gasteiger partial charge in [0, 0.05) is 5.02 Å². The van der Waals surface area contributed by atoms with Gasteiger partial charge in [-0.15, -0.1) is 0 Å². The summed E-state index contributed by atoms with van der Waals surface area (Å²) >= 11 is 6.24. The van der Waals surface area contributed by atoms with E-state index in [2.05, 4.69) is 5.32 Å². The van der Waals surface area contributed by atoms with E-state index in [1.807, 2.05) is 32.0 Å². The van der Waals surface area contributed by atoms with Crippen LogP contribution in [0.1, 0.15) is 16.7 Å². The van der Waals surface area contributed by atoms with Crippen molar-refractivity contribution in [2.75, 3.05) is 24.0 Å². The summed E-state index contributed by atoms with van der Waals surface area (Å²) in [6, 6.07) is 18.8. The average Bonchev–Trinajstić information content (AvgIpc) is 2.80. The summed E-state index contributed by atoms with van der Waals surface area (Å²) in [5.74, 6) is 0.311. The number of hydrogen-bond acceptors (Lipinski definition) is 4. The zero-order valence-corrected chi connectivity index (χ0v) is 20.4. The van der Waals surface area contributed by atoms with Gasteiger partial charge in [0.05, 0.1) is 17.1 Å². The molecular formula is C25H27ClN2O4S. The van der Waals surface area contributed by atoms with Crippen molar-refractivity contribution in [3.05, 3.63) is 88.4 Å². The molecule has 1 N–H and O–H groups in total. The molecule has 3 aromatic rings. The Morgan fingerprint density at radius 2 is 1.64 bits per heavy atom. The number of hydrogen-bond donors (Lipinski definition) is 1. The highest BCUT2D eigenvalue weighted by Gasteiger charge is 2.28. The molecule has 0 aliphatic heterocycles. The maximum absolute atomic E-state index is 13.4. The predicted octanol–water partition coefficient (Wildman–Crippen LogP) is 4.66. The van der Waals surface area contributed by atoms with Crippen molar-refractivity contribution in [1.82, 2.24) is 5.32 Å². The number of rotatable bonds is 9. The summed E-state index contributed by atoms with van der Waals surface area (Å²) in [5.41, 5.74) is 3.09. The Kier molecular flexibility index (Phi) is 8.00. The van der Waals surface area contributed by atoms with Crippen LogP contribution >= 0.6 is 11.6 Å². The van der Waals surface area contributed by atoms with Gasteiger partial charge in [-0.25, -0.2) is 8.42 Å². The van der Waals surface area contributed by atoms with E-state index in [0.717, 1.165) is 21.2 Å². The van der Waals surface area contributed by atoms with Gasteiger partial charge >= 0.3 is 0 Å². The lowest BCUT2D eigenvalue weighted by atomic mass is 10.1. The van der Waals surface area contributed by atoms with Crippen LogP contribution in [0.5, 0.6) is 5.75 Å². The number of amides is 1. The van der Waals surface area contributed by atoms with Crippen LogP contribution in [0.3, 0.4) is 0 Å². The number of halogens is 1. The minimum Gasteiger partial charge on any atom is -0.491 e. The number of ether oxygens (including phenoxy) is 1. The van der Waals surface area contributed by atoms with Gasteiger partial charge < -0.3 is 10.1 Å². The van der Waals surface area contributed by atoms with E-state index in [1.165, 1.54) is 12.1 Å². The second-order valence-corrected chi connectivity index (χ2v) is 9.87. The van der Waals surface area contributed by atoms with Crippen LogP contribution in [0, 0.1) is 20.8 Å². The number of aryl methyl sites for hydroxylation is 1. The molecule has 174 valence electrons. The lowest BCUT2D eigenvalue weighted by Gasteiger charge is -2.26. The van der Waals surface area contributed by atoms with Crippen LogP contribution < -0.4 is 14.4 Å². The molecular weight excluding hydrogens is 460 g/mol. The van der Waals surface area contributed by atoms with Crippen molar-refractivity contribution in [3.63, 3.8) is 0 Å². The van der Waals surface area contributed by atoms with Crippen molar-refractivity contribution in [3.8, 4) is 5.75 Å². The van der Waals surface area contributed by atoms with Gasteiger partial charge in [-0.05, 0) is 67.8 Å². The molecule has 1 amide bonds. The number of carbonyl (C=O) groups is 1. The topological polar surface area (TPSA) is 75.7 Å². The minimum atomic E-state index is -3.99. The summed E-state index contributed by atoms with van der Waals surface area (Å²) in [6.45, 7) is 5.81. The average molecular weight is 487 g/mol. The zero-order chi connectivity index (χ0) is 24.0. The third kappa shape index (κ3) is 5.86. The summed E-state index contributed by atoms with van der Waals surface area (Å²) < 4.78 is 33.6. The van der Waals surface area contributed by atoms with E-state index in [0.29, 0.717) is 16.3 Å². The summed E-state index contributed by atoms with van der Waals surface area (Å²) in [7, 11) is -3.99. The Hall–Kier alpha value is -3.03. The lowest BCUT2D eigenvalue weighted by Crippen LogP contribution is -2.42. The van der Waals surface area contributed by atoms with E-state index >= 15 is 0 Å². The van der Waals surface area contributed by atoms with E-state index in [4.69, 9.17) is 16.3 Å². The second kappa shape index (κ2) is 10.7. The predicted molar refractivity (Wildman–Crippen MR) is 132 cm³/mol. The van der Waals surface area contributed by atoms with Gasteiger partial charge in [-0.3, -0.25) is 9.10 Å². The number of benzene rings is 3. The summed E-state index contributed by atoms with van der Waals surface area (Å²) in [5, 5.41) is 3.16. The Balaban J connectivity index is 1.74. The first-order valence-electron chi connectivity index (χ1n) is 10.5. The van der Waals surface area contributed by atoms with Gasteiger partial charge in [-0.2, -0.15) is 0 Å². The van der Waals surface area contributed by atoms with Crippen LogP contribution in [-0.2, 0) is 14.8 Å². The molecule has 0 aliphatic rings. The molecule has 0 aliphatic carbocycles. The van der Waals surface area contributed by atoms with Gasteiger partial charge in [0.15, 0.2) is 0 Å². The molecule has 33 heavy (non-hydrogen) atoms. The smallest absolute Gasteiger partial charge is 0.264 e. The molecule has 0 fully saturated rings. The quantitative estimate of drug-likeness (QED) is 0.446. The fraction of sp³-hybridized carbons (Fsp3) is 0.240. The molecule has 0 atom stereocenters. The van der Waals surface area contributed by atoms with Gasteiger partial charge in [-0.1, -0.05) is 48.0 Å². The van der Waals surface area contributed by atoms with Crippen molar-refractivity contribution in [2.24, 2.45) is 0 Å². The maximum Gasteiger partial charge on any atom is 0.264 e. The first kappa shape index (κ1) is 24.6. The maximum atomic E-state index is 13.4.